The molecule has 1 N–H and O–H groups in total. The van der Waals surface area contributed by atoms with Crippen LogP contribution in [0.4, 0.5) is 0 Å². The number of carbonyl (C=O) groups excluding carboxylic acids is 1. The van der Waals surface area contributed by atoms with Gasteiger partial charge in [-0.25, -0.2) is 0 Å². The van der Waals surface area contributed by atoms with Gasteiger partial charge in [-0.05, 0) is 29.7 Å². The quantitative estimate of drug-likeness (QED) is 0.308. The van der Waals surface area contributed by atoms with Crippen molar-refractivity contribution in [2.45, 2.75) is 25.9 Å². The molecule has 1 atom stereocenters. The van der Waals surface area contributed by atoms with E-state index >= 15 is 0 Å². The Morgan fingerprint density at radius 2 is 1.56 bits per heavy atom. The molecule has 4 rings (SSSR count). The molecule has 0 radical (unpaired) electrons. The summed E-state index contributed by atoms with van der Waals surface area (Å²) in [4.78, 5) is 23.4. The van der Waals surface area contributed by atoms with E-state index in [2.05, 4.69) is 5.16 Å². The van der Waals surface area contributed by atoms with Gasteiger partial charge in [-0.3, -0.25) is 9.59 Å². The Morgan fingerprint density at radius 3 is 2.21 bits per heavy atom. The fourth-order valence-corrected chi connectivity index (χ4v) is 3.98. The van der Waals surface area contributed by atoms with Crippen LogP contribution in [0.25, 0.3) is 22.5 Å². The summed E-state index contributed by atoms with van der Waals surface area (Å²) in [6, 6.07) is 22.3. The van der Waals surface area contributed by atoms with Crippen molar-refractivity contribution in [1.82, 2.24) is 5.16 Å². The van der Waals surface area contributed by atoms with Crippen LogP contribution in [0.5, 0.6) is 0 Å². The van der Waals surface area contributed by atoms with E-state index in [9.17, 15) is 9.59 Å². The summed E-state index contributed by atoms with van der Waals surface area (Å²) >= 11 is 6.20. The summed E-state index contributed by atoms with van der Waals surface area (Å²) in [5.74, 6) is -0.761. The molecule has 0 aliphatic carbocycles. The standard InChI is InChI=1S/C27H22ClNO5/c1-17(23-4-2-3-5-24(23)28)33-26(32)15-22-16-29-34-27(22)21-12-10-20(11-13-21)19-8-6-18(7-9-19)14-25(30)31/h2-13,16-17H,14-15H2,1H3,(H,30,31). The first kappa shape index (κ1) is 23.3. The highest BCUT2D eigenvalue weighted by Gasteiger charge is 2.19. The molecule has 0 fully saturated rings. The van der Waals surface area contributed by atoms with Crippen molar-refractivity contribution in [3.8, 4) is 22.5 Å². The number of carboxylic acid groups (broad SMARTS) is 1. The van der Waals surface area contributed by atoms with Crippen LogP contribution >= 0.6 is 11.6 Å². The second-order valence-electron chi connectivity index (χ2n) is 7.86. The highest BCUT2D eigenvalue weighted by Crippen LogP contribution is 2.29. The second kappa shape index (κ2) is 10.4. The Labute approximate surface area is 201 Å². The van der Waals surface area contributed by atoms with Crippen molar-refractivity contribution in [2.75, 3.05) is 0 Å². The van der Waals surface area contributed by atoms with E-state index in [0.717, 1.165) is 27.8 Å². The predicted octanol–water partition coefficient (Wildman–Crippen LogP) is 6.14. The number of hydrogen-bond donors (Lipinski definition) is 1. The third kappa shape index (κ3) is 5.53. The lowest BCUT2D eigenvalue weighted by Gasteiger charge is -2.14. The fourth-order valence-electron chi connectivity index (χ4n) is 3.69. The van der Waals surface area contributed by atoms with Gasteiger partial charge in [0.15, 0.2) is 5.76 Å². The number of esters is 1. The number of ether oxygens (including phenoxy) is 1. The fraction of sp³-hybridized carbons (Fsp3) is 0.148. The highest BCUT2D eigenvalue weighted by molar-refractivity contribution is 6.31. The Balaban J connectivity index is 1.44. The van der Waals surface area contributed by atoms with Crippen molar-refractivity contribution in [1.29, 1.82) is 0 Å². The number of carbonyl (C=O) groups is 2. The molecular formula is C27H22ClNO5. The topological polar surface area (TPSA) is 89.6 Å². The van der Waals surface area contributed by atoms with Crippen molar-refractivity contribution in [3.05, 3.63) is 101 Å². The van der Waals surface area contributed by atoms with Gasteiger partial charge in [0.25, 0.3) is 0 Å². The molecule has 0 saturated heterocycles. The van der Waals surface area contributed by atoms with E-state index in [4.69, 9.17) is 26.0 Å². The SMILES string of the molecule is CC(OC(=O)Cc1cnoc1-c1ccc(-c2ccc(CC(=O)O)cc2)cc1)c1ccccc1Cl. The molecule has 1 unspecified atom stereocenters. The molecule has 1 aromatic heterocycles. The van der Waals surface area contributed by atoms with E-state index in [1.165, 1.54) is 6.20 Å². The summed E-state index contributed by atoms with van der Waals surface area (Å²) < 4.78 is 11.0. The van der Waals surface area contributed by atoms with Crippen LogP contribution in [0.15, 0.2) is 83.5 Å². The molecule has 6 nitrogen and oxygen atoms in total. The first-order valence-corrected chi connectivity index (χ1v) is 11.1. The molecule has 0 aliphatic rings. The van der Waals surface area contributed by atoms with Gasteiger partial charge in [0.1, 0.15) is 6.10 Å². The van der Waals surface area contributed by atoms with E-state index < -0.39 is 18.0 Å². The van der Waals surface area contributed by atoms with Gasteiger partial charge in [0.2, 0.25) is 0 Å². The van der Waals surface area contributed by atoms with Crippen molar-refractivity contribution < 1.29 is 24.0 Å². The summed E-state index contributed by atoms with van der Waals surface area (Å²) in [7, 11) is 0. The van der Waals surface area contributed by atoms with Crippen LogP contribution < -0.4 is 0 Å². The molecule has 0 aliphatic heterocycles. The van der Waals surface area contributed by atoms with Crippen molar-refractivity contribution in [3.63, 3.8) is 0 Å². The normalized spacial score (nSPS) is 11.7. The lowest BCUT2D eigenvalue weighted by Crippen LogP contribution is -2.11. The van der Waals surface area contributed by atoms with Crippen molar-refractivity contribution >= 4 is 23.5 Å². The summed E-state index contributed by atoms with van der Waals surface area (Å²) in [6.07, 6.45) is 1.05. The van der Waals surface area contributed by atoms with E-state index in [0.29, 0.717) is 16.3 Å². The maximum absolute atomic E-state index is 12.6. The third-order valence-corrected chi connectivity index (χ3v) is 5.76. The number of rotatable bonds is 8. The molecule has 7 heteroatoms. The zero-order valence-corrected chi connectivity index (χ0v) is 19.2. The molecule has 0 saturated carbocycles. The maximum Gasteiger partial charge on any atom is 0.311 e. The number of nitrogens with zero attached hydrogens (tertiary/aromatic N) is 1. The van der Waals surface area contributed by atoms with Gasteiger partial charge in [-0.1, -0.05) is 83.5 Å². The predicted molar refractivity (Wildman–Crippen MR) is 128 cm³/mol. The molecule has 1 heterocycles. The minimum absolute atomic E-state index is 0.00686. The number of benzene rings is 3. The molecular weight excluding hydrogens is 454 g/mol. The van der Waals surface area contributed by atoms with Gasteiger partial charge < -0.3 is 14.4 Å². The van der Waals surface area contributed by atoms with Crippen molar-refractivity contribution in [2.24, 2.45) is 0 Å². The van der Waals surface area contributed by atoms with Gasteiger partial charge in [-0.15, -0.1) is 0 Å². The molecule has 0 amide bonds. The second-order valence-corrected chi connectivity index (χ2v) is 8.26. The van der Waals surface area contributed by atoms with E-state index in [-0.39, 0.29) is 12.8 Å². The molecule has 0 bridgehead atoms. The Kier molecular flexibility index (Phi) is 7.09. The average molecular weight is 476 g/mol. The molecule has 3 aromatic carbocycles. The van der Waals surface area contributed by atoms with Crippen LogP contribution in [-0.4, -0.2) is 22.2 Å². The summed E-state index contributed by atoms with van der Waals surface area (Å²) in [5, 5.41) is 13.3. The number of hydrogen-bond acceptors (Lipinski definition) is 5. The number of halogens is 1. The molecule has 172 valence electrons. The van der Waals surface area contributed by atoms with E-state index in [1.54, 1.807) is 25.1 Å². The van der Waals surface area contributed by atoms with Crippen LogP contribution in [0.2, 0.25) is 5.02 Å². The third-order valence-electron chi connectivity index (χ3n) is 5.42. The summed E-state index contributed by atoms with van der Waals surface area (Å²) in [5.41, 5.74) is 4.84. The molecule has 0 spiro atoms. The zero-order valence-electron chi connectivity index (χ0n) is 18.4. The first-order chi connectivity index (χ1) is 16.4. The number of carboxylic acids is 1. The van der Waals surface area contributed by atoms with Gasteiger partial charge in [0, 0.05) is 21.7 Å². The largest absolute Gasteiger partial charge is 0.481 e. The monoisotopic (exact) mass is 475 g/mol. The minimum atomic E-state index is -0.859. The Hall–Kier alpha value is -3.90. The Morgan fingerprint density at radius 1 is 0.941 bits per heavy atom. The maximum atomic E-state index is 12.6. The van der Waals surface area contributed by atoms with Gasteiger partial charge in [-0.2, -0.15) is 0 Å². The minimum Gasteiger partial charge on any atom is -0.481 e. The van der Waals surface area contributed by atoms with Crippen LogP contribution in [0.1, 0.15) is 29.7 Å². The zero-order chi connectivity index (χ0) is 24.1. The summed E-state index contributed by atoms with van der Waals surface area (Å²) in [6.45, 7) is 1.78. The molecule has 4 aromatic rings. The number of aliphatic carboxylic acids is 1. The lowest BCUT2D eigenvalue weighted by molar-refractivity contribution is -0.147. The Bertz CT molecular complexity index is 1300. The smallest absolute Gasteiger partial charge is 0.311 e. The van der Waals surface area contributed by atoms with Crippen LogP contribution in [0, 0.1) is 0 Å². The highest BCUT2D eigenvalue weighted by atomic mass is 35.5. The van der Waals surface area contributed by atoms with E-state index in [1.807, 2.05) is 54.6 Å². The number of aromatic nitrogens is 1. The average Bonchev–Trinajstić information content (AvgIpc) is 3.27. The lowest BCUT2D eigenvalue weighted by atomic mass is 10.00. The first-order valence-electron chi connectivity index (χ1n) is 10.7. The van der Waals surface area contributed by atoms with Crippen LogP contribution in [-0.2, 0) is 27.2 Å². The van der Waals surface area contributed by atoms with Crippen LogP contribution in [0.3, 0.4) is 0 Å². The van der Waals surface area contributed by atoms with Gasteiger partial charge in [0.05, 0.1) is 19.0 Å². The van der Waals surface area contributed by atoms with Gasteiger partial charge >= 0.3 is 11.9 Å². The molecule has 34 heavy (non-hydrogen) atoms.